The lowest BCUT2D eigenvalue weighted by molar-refractivity contribution is 0.109. The van der Waals surface area contributed by atoms with E-state index in [0.29, 0.717) is 5.75 Å². The number of carbonyl (C=O) groups is 1. The molecule has 0 atom stereocenters. The molecule has 4 heteroatoms. The quantitative estimate of drug-likeness (QED) is 0.791. The predicted molar refractivity (Wildman–Crippen MR) is 47.9 cm³/mol. The van der Waals surface area contributed by atoms with Gasteiger partial charge in [-0.1, -0.05) is 6.07 Å². The molecule has 3 nitrogen and oxygen atoms in total. The Balaban J connectivity index is 3.23. The summed E-state index contributed by atoms with van der Waals surface area (Å²) in [6, 6.07) is 4.72. The number of aromatic hydroxyl groups is 1. The molecule has 64 valence electrons. The van der Waals surface area contributed by atoms with Gasteiger partial charge in [-0.3, -0.25) is 4.79 Å². The van der Waals surface area contributed by atoms with Gasteiger partial charge in [0.2, 0.25) is 4.69 Å². The van der Waals surface area contributed by atoms with E-state index in [4.69, 9.17) is 4.74 Å². The number of hydrogen-bond acceptors (Lipinski definition) is 3. The van der Waals surface area contributed by atoms with Gasteiger partial charge in [-0.05, 0) is 28.1 Å². The van der Waals surface area contributed by atoms with Gasteiger partial charge in [0.05, 0.1) is 12.7 Å². The number of ether oxygens (including phenoxy) is 1. The van der Waals surface area contributed by atoms with E-state index in [2.05, 4.69) is 15.9 Å². The van der Waals surface area contributed by atoms with Gasteiger partial charge in [-0.25, -0.2) is 0 Å². The lowest BCUT2D eigenvalue weighted by Crippen LogP contribution is -1.91. The minimum Gasteiger partial charge on any atom is -0.504 e. The van der Waals surface area contributed by atoms with Crippen LogP contribution in [0.1, 0.15) is 10.4 Å². The number of para-hydroxylation sites is 1. The standard InChI is InChI=1S/C8H7BrO3/c1-12-6-4-2-3-5(7(6)10)8(9)11/h2-4,10H,1H3. The monoisotopic (exact) mass is 230 g/mol. The van der Waals surface area contributed by atoms with Crippen LogP contribution in [0.4, 0.5) is 0 Å². The maximum absolute atomic E-state index is 10.8. The zero-order valence-electron chi connectivity index (χ0n) is 6.37. The van der Waals surface area contributed by atoms with Crippen molar-refractivity contribution in [1.29, 1.82) is 0 Å². The van der Waals surface area contributed by atoms with Crippen LogP contribution in [0.3, 0.4) is 0 Å². The highest BCUT2D eigenvalue weighted by molar-refractivity contribution is 9.18. The van der Waals surface area contributed by atoms with E-state index in [9.17, 15) is 9.90 Å². The van der Waals surface area contributed by atoms with Crippen LogP contribution in [0.25, 0.3) is 0 Å². The fourth-order valence-electron chi connectivity index (χ4n) is 0.846. The first-order valence-electron chi connectivity index (χ1n) is 3.22. The molecule has 0 aliphatic heterocycles. The fourth-order valence-corrected chi connectivity index (χ4v) is 1.17. The SMILES string of the molecule is COc1cccc(C(=O)Br)c1O. The fraction of sp³-hybridized carbons (Fsp3) is 0.125. The molecule has 0 aliphatic rings. The molecule has 0 spiro atoms. The number of hydrogen-bond donors (Lipinski definition) is 1. The predicted octanol–water partition coefficient (Wildman–Crippen LogP) is 1.94. The lowest BCUT2D eigenvalue weighted by Gasteiger charge is -2.04. The molecule has 0 heterocycles. The van der Waals surface area contributed by atoms with Crippen LogP contribution < -0.4 is 4.74 Å². The van der Waals surface area contributed by atoms with Gasteiger partial charge >= 0.3 is 0 Å². The van der Waals surface area contributed by atoms with Crippen LogP contribution in [-0.4, -0.2) is 16.9 Å². The molecule has 0 radical (unpaired) electrons. The van der Waals surface area contributed by atoms with Gasteiger partial charge in [0, 0.05) is 0 Å². The molecule has 0 unspecified atom stereocenters. The van der Waals surface area contributed by atoms with Crippen molar-refractivity contribution in [2.45, 2.75) is 0 Å². The first kappa shape index (κ1) is 9.06. The van der Waals surface area contributed by atoms with Crippen LogP contribution >= 0.6 is 15.9 Å². The van der Waals surface area contributed by atoms with Crippen molar-refractivity contribution in [2.75, 3.05) is 7.11 Å². The Morgan fingerprint density at radius 3 is 2.75 bits per heavy atom. The third-order valence-electron chi connectivity index (χ3n) is 1.43. The molecular weight excluding hydrogens is 224 g/mol. The van der Waals surface area contributed by atoms with E-state index in [-0.39, 0.29) is 16.0 Å². The summed E-state index contributed by atoms with van der Waals surface area (Å²) in [5.41, 5.74) is 0.203. The summed E-state index contributed by atoms with van der Waals surface area (Å²) in [7, 11) is 1.43. The van der Waals surface area contributed by atoms with Gasteiger partial charge < -0.3 is 9.84 Å². The number of phenols is 1. The summed E-state index contributed by atoms with van der Waals surface area (Å²) in [4.78, 5) is 10.8. The van der Waals surface area contributed by atoms with Crippen molar-refractivity contribution in [2.24, 2.45) is 0 Å². The zero-order valence-corrected chi connectivity index (χ0v) is 7.96. The van der Waals surface area contributed by atoms with Crippen molar-refractivity contribution in [3.05, 3.63) is 23.8 Å². The molecule has 1 aromatic carbocycles. The number of halogens is 1. The van der Waals surface area contributed by atoms with Gasteiger partial charge in [0.15, 0.2) is 11.5 Å². The summed E-state index contributed by atoms with van der Waals surface area (Å²) in [6.07, 6.45) is 0. The van der Waals surface area contributed by atoms with Crippen LogP contribution in [0.15, 0.2) is 18.2 Å². The summed E-state index contributed by atoms with van der Waals surface area (Å²) in [6.45, 7) is 0. The molecule has 1 rings (SSSR count). The minimum absolute atomic E-state index is 0.137. The van der Waals surface area contributed by atoms with Crippen LogP contribution in [0.5, 0.6) is 11.5 Å². The number of methoxy groups -OCH3 is 1. The van der Waals surface area contributed by atoms with Gasteiger partial charge in [0.25, 0.3) is 0 Å². The molecule has 0 saturated heterocycles. The molecule has 1 N–H and O–H groups in total. The largest absolute Gasteiger partial charge is 0.504 e. The summed E-state index contributed by atoms with van der Waals surface area (Å²) in [5.74, 6) is 0.155. The number of rotatable bonds is 2. The molecule has 0 aliphatic carbocycles. The number of phenolic OH excluding ortho intramolecular Hbond substituents is 1. The molecule has 12 heavy (non-hydrogen) atoms. The van der Waals surface area contributed by atoms with Crippen molar-refractivity contribution in [1.82, 2.24) is 0 Å². The molecular formula is C8H7BrO3. The minimum atomic E-state index is -0.362. The topological polar surface area (TPSA) is 46.5 Å². The van der Waals surface area contributed by atoms with Crippen LogP contribution in [-0.2, 0) is 0 Å². The maximum atomic E-state index is 10.8. The second kappa shape index (κ2) is 3.58. The Morgan fingerprint density at radius 1 is 1.58 bits per heavy atom. The first-order chi connectivity index (χ1) is 5.66. The maximum Gasteiger partial charge on any atom is 0.231 e. The molecule has 0 bridgehead atoms. The van der Waals surface area contributed by atoms with E-state index in [1.807, 2.05) is 0 Å². The van der Waals surface area contributed by atoms with Crippen LogP contribution in [0.2, 0.25) is 0 Å². The smallest absolute Gasteiger partial charge is 0.231 e. The van der Waals surface area contributed by atoms with E-state index >= 15 is 0 Å². The highest BCUT2D eigenvalue weighted by atomic mass is 79.9. The van der Waals surface area contributed by atoms with Gasteiger partial charge in [0.1, 0.15) is 0 Å². The second-order valence-corrected chi connectivity index (χ2v) is 2.85. The average molecular weight is 231 g/mol. The third kappa shape index (κ3) is 1.58. The van der Waals surface area contributed by atoms with E-state index in [1.165, 1.54) is 13.2 Å². The molecule has 0 amide bonds. The summed E-state index contributed by atoms with van der Waals surface area (Å²) >= 11 is 2.74. The Kier molecular flexibility index (Phi) is 2.70. The van der Waals surface area contributed by atoms with E-state index < -0.39 is 0 Å². The first-order valence-corrected chi connectivity index (χ1v) is 4.02. The zero-order chi connectivity index (χ0) is 9.14. The summed E-state index contributed by atoms with van der Waals surface area (Å²) in [5, 5.41) is 9.38. The third-order valence-corrected chi connectivity index (χ3v) is 1.86. The van der Waals surface area contributed by atoms with Crippen molar-refractivity contribution >= 4 is 20.6 Å². The Morgan fingerprint density at radius 2 is 2.25 bits per heavy atom. The molecule has 0 saturated carbocycles. The highest BCUT2D eigenvalue weighted by Crippen LogP contribution is 2.30. The lowest BCUT2D eigenvalue weighted by atomic mass is 10.2. The van der Waals surface area contributed by atoms with Crippen molar-refractivity contribution in [3.8, 4) is 11.5 Å². The summed E-state index contributed by atoms with van der Waals surface area (Å²) < 4.78 is 4.45. The molecule has 1 aromatic rings. The van der Waals surface area contributed by atoms with E-state index in [1.54, 1.807) is 12.1 Å². The molecule has 0 fully saturated rings. The highest BCUT2D eigenvalue weighted by Gasteiger charge is 2.11. The van der Waals surface area contributed by atoms with Gasteiger partial charge in [-0.15, -0.1) is 0 Å². The second-order valence-electron chi connectivity index (χ2n) is 2.13. The van der Waals surface area contributed by atoms with Gasteiger partial charge in [-0.2, -0.15) is 0 Å². The molecule has 0 aromatic heterocycles. The van der Waals surface area contributed by atoms with Crippen molar-refractivity contribution in [3.63, 3.8) is 0 Å². The van der Waals surface area contributed by atoms with Crippen LogP contribution in [0, 0.1) is 0 Å². The normalized spacial score (nSPS) is 9.50. The Bertz CT molecular complexity index is 309. The number of carbonyl (C=O) groups excluding carboxylic acids is 1. The van der Waals surface area contributed by atoms with E-state index in [0.717, 1.165) is 0 Å². The Hall–Kier alpha value is -1.03. The number of benzene rings is 1. The average Bonchev–Trinajstić information content (AvgIpc) is 2.04. The Labute approximate surface area is 78.1 Å². The van der Waals surface area contributed by atoms with Crippen molar-refractivity contribution < 1.29 is 14.6 Å².